The van der Waals surface area contributed by atoms with Crippen LogP contribution in [0.1, 0.15) is 28.8 Å². The minimum Gasteiger partial charge on any atom is -0.409 e. The van der Waals surface area contributed by atoms with Crippen molar-refractivity contribution in [3.05, 3.63) is 33.8 Å². The van der Waals surface area contributed by atoms with Gasteiger partial charge in [-0.2, -0.15) is 0 Å². The molecule has 6 heteroatoms. The number of carbonyl (C=O) groups excluding carboxylic acids is 1. The van der Waals surface area contributed by atoms with Crippen molar-refractivity contribution < 1.29 is 10.0 Å². The fraction of sp³-hybridized carbons (Fsp3) is 0.429. The number of benzene rings is 1. The average molecular weight is 340 g/mol. The minimum absolute atomic E-state index is 0.000704. The molecule has 1 aliphatic rings. The Hall–Kier alpha value is -1.56. The number of amidine groups is 1. The van der Waals surface area contributed by atoms with Crippen molar-refractivity contribution in [1.82, 2.24) is 4.90 Å². The van der Waals surface area contributed by atoms with Gasteiger partial charge in [0.1, 0.15) is 5.84 Å². The van der Waals surface area contributed by atoms with E-state index < -0.39 is 0 Å². The van der Waals surface area contributed by atoms with E-state index in [0.717, 1.165) is 22.9 Å². The summed E-state index contributed by atoms with van der Waals surface area (Å²) in [6, 6.07) is 5.60. The third-order valence-corrected chi connectivity index (χ3v) is 4.60. The van der Waals surface area contributed by atoms with Gasteiger partial charge in [-0.15, -0.1) is 0 Å². The van der Waals surface area contributed by atoms with Crippen LogP contribution >= 0.6 is 15.9 Å². The fourth-order valence-electron chi connectivity index (χ4n) is 2.49. The van der Waals surface area contributed by atoms with Crippen LogP contribution in [-0.2, 0) is 0 Å². The fourth-order valence-corrected chi connectivity index (χ4v) is 2.86. The maximum Gasteiger partial charge on any atom is 0.254 e. The van der Waals surface area contributed by atoms with E-state index in [2.05, 4.69) is 21.1 Å². The number of amides is 1. The average Bonchev–Trinajstić information content (AvgIpc) is 2.48. The van der Waals surface area contributed by atoms with E-state index in [4.69, 9.17) is 10.9 Å². The van der Waals surface area contributed by atoms with Gasteiger partial charge in [0.15, 0.2) is 0 Å². The molecular formula is C14H18BrN3O2. The molecule has 108 valence electrons. The molecule has 3 N–H and O–H groups in total. The van der Waals surface area contributed by atoms with E-state index in [1.807, 2.05) is 25.1 Å². The summed E-state index contributed by atoms with van der Waals surface area (Å²) in [5.74, 6) is 0.137. The number of nitrogens with two attached hydrogens (primary N) is 1. The molecule has 1 unspecified atom stereocenters. The zero-order valence-corrected chi connectivity index (χ0v) is 12.9. The van der Waals surface area contributed by atoms with Crippen molar-refractivity contribution in [1.29, 1.82) is 0 Å². The molecule has 1 heterocycles. The van der Waals surface area contributed by atoms with Crippen LogP contribution in [0, 0.1) is 12.8 Å². The van der Waals surface area contributed by atoms with Crippen molar-refractivity contribution in [2.75, 3.05) is 13.1 Å². The Morgan fingerprint density at radius 2 is 2.30 bits per heavy atom. The van der Waals surface area contributed by atoms with Crippen molar-refractivity contribution in [3.8, 4) is 0 Å². The standard InChI is InChI=1S/C14H18BrN3O2/c1-9-11(5-2-6-12(9)15)14(19)18-7-3-4-10(8-18)13(16)17-20/h2,5-6,10,20H,3-4,7-8H2,1H3,(H2,16,17). The van der Waals surface area contributed by atoms with Crippen LogP contribution in [0.25, 0.3) is 0 Å². The lowest BCUT2D eigenvalue weighted by molar-refractivity contribution is 0.0700. The summed E-state index contributed by atoms with van der Waals surface area (Å²) in [6.07, 6.45) is 1.71. The number of hydrogen-bond acceptors (Lipinski definition) is 3. The van der Waals surface area contributed by atoms with Crippen molar-refractivity contribution in [3.63, 3.8) is 0 Å². The number of likely N-dealkylation sites (tertiary alicyclic amines) is 1. The summed E-state index contributed by atoms with van der Waals surface area (Å²) in [5, 5.41) is 11.8. The molecule has 1 aromatic rings. The Morgan fingerprint density at radius 3 is 3.00 bits per heavy atom. The van der Waals surface area contributed by atoms with Gasteiger partial charge < -0.3 is 15.8 Å². The van der Waals surface area contributed by atoms with Gasteiger partial charge in [-0.1, -0.05) is 27.2 Å². The highest BCUT2D eigenvalue weighted by Gasteiger charge is 2.27. The molecule has 0 radical (unpaired) electrons. The highest BCUT2D eigenvalue weighted by molar-refractivity contribution is 9.10. The molecule has 1 aromatic carbocycles. The van der Waals surface area contributed by atoms with Gasteiger partial charge in [0.2, 0.25) is 0 Å². The second-order valence-corrected chi connectivity index (χ2v) is 5.88. The van der Waals surface area contributed by atoms with Crippen LogP contribution in [0.3, 0.4) is 0 Å². The van der Waals surface area contributed by atoms with Crippen molar-refractivity contribution in [2.45, 2.75) is 19.8 Å². The lowest BCUT2D eigenvalue weighted by atomic mass is 9.96. The van der Waals surface area contributed by atoms with Gasteiger partial charge in [0, 0.05) is 29.0 Å². The van der Waals surface area contributed by atoms with Crippen LogP contribution in [0.5, 0.6) is 0 Å². The molecule has 1 amide bonds. The third kappa shape index (κ3) is 2.95. The van der Waals surface area contributed by atoms with Gasteiger partial charge in [-0.25, -0.2) is 0 Å². The van der Waals surface area contributed by atoms with Crippen LogP contribution in [0.15, 0.2) is 27.8 Å². The normalized spacial score (nSPS) is 20.0. The Kier molecular flexibility index (Phi) is 4.65. The Labute approximate surface area is 126 Å². The van der Waals surface area contributed by atoms with E-state index in [-0.39, 0.29) is 17.7 Å². The predicted octanol–water partition coefficient (Wildman–Crippen LogP) is 2.36. The second-order valence-electron chi connectivity index (χ2n) is 5.03. The zero-order chi connectivity index (χ0) is 14.7. The largest absolute Gasteiger partial charge is 0.409 e. The molecule has 1 saturated heterocycles. The summed E-state index contributed by atoms with van der Waals surface area (Å²) >= 11 is 3.44. The predicted molar refractivity (Wildman–Crippen MR) is 80.9 cm³/mol. The first-order valence-corrected chi connectivity index (χ1v) is 7.35. The number of rotatable bonds is 2. The maximum atomic E-state index is 12.6. The van der Waals surface area contributed by atoms with Gasteiger partial charge in [0.05, 0.1) is 0 Å². The molecule has 0 saturated carbocycles. The minimum atomic E-state index is -0.0647. The van der Waals surface area contributed by atoms with Crippen molar-refractivity contribution >= 4 is 27.7 Å². The maximum absolute atomic E-state index is 12.6. The number of halogens is 1. The quantitative estimate of drug-likeness (QED) is 0.375. The van der Waals surface area contributed by atoms with Gasteiger partial charge >= 0.3 is 0 Å². The van der Waals surface area contributed by atoms with E-state index >= 15 is 0 Å². The summed E-state index contributed by atoms with van der Waals surface area (Å²) in [5.41, 5.74) is 7.29. The molecule has 0 bridgehead atoms. The first-order chi connectivity index (χ1) is 9.54. The molecular weight excluding hydrogens is 322 g/mol. The molecule has 5 nitrogen and oxygen atoms in total. The highest BCUT2D eigenvalue weighted by Crippen LogP contribution is 2.23. The first-order valence-electron chi connectivity index (χ1n) is 6.56. The van der Waals surface area contributed by atoms with Gasteiger partial charge in [-0.05, 0) is 37.5 Å². The van der Waals surface area contributed by atoms with E-state index in [0.29, 0.717) is 18.7 Å². The Bertz CT molecular complexity index is 545. The zero-order valence-electron chi connectivity index (χ0n) is 11.3. The summed E-state index contributed by atoms with van der Waals surface area (Å²) in [6.45, 7) is 3.13. The first kappa shape index (κ1) is 14.8. The van der Waals surface area contributed by atoms with Crippen LogP contribution in [-0.4, -0.2) is 34.9 Å². The number of carbonyl (C=O) groups is 1. The molecule has 1 aliphatic heterocycles. The number of hydrogen-bond donors (Lipinski definition) is 2. The SMILES string of the molecule is Cc1c(Br)cccc1C(=O)N1CCCC(C(N)=NO)C1. The van der Waals surface area contributed by atoms with Crippen LogP contribution < -0.4 is 5.73 Å². The molecule has 1 fully saturated rings. The van der Waals surface area contributed by atoms with Crippen LogP contribution in [0.2, 0.25) is 0 Å². The molecule has 1 atom stereocenters. The number of nitrogens with zero attached hydrogens (tertiary/aromatic N) is 2. The lowest BCUT2D eigenvalue weighted by Gasteiger charge is -2.32. The summed E-state index contributed by atoms with van der Waals surface area (Å²) in [7, 11) is 0. The van der Waals surface area contributed by atoms with Crippen molar-refractivity contribution in [2.24, 2.45) is 16.8 Å². The number of piperidine rings is 1. The summed E-state index contributed by atoms with van der Waals surface area (Å²) < 4.78 is 0.924. The topological polar surface area (TPSA) is 78.9 Å². The van der Waals surface area contributed by atoms with E-state index in [1.165, 1.54) is 0 Å². The van der Waals surface area contributed by atoms with Gasteiger partial charge in [-0.3, -0.25) is 4.79 Å². The number of oxime groups is 1. The second kappa shape index (κ2) is 6.26. The molecule has 0 aliphatic carbocycles. The highest BCUT2D eigenvalue weighted by atomic mass is 79.9. The van der Waals surface area contributed by atoms with Crippen LogP contribution in [0.4, 0.5) is 0 Å². The van der Waals surface area contributed by atoms with E-state index in [9.17, 15) is 4.79 Å². The monoisotopic (exact) mass is 339 g/mol. The third-order valence-electron chi connectivity index (χ3n) is 3.74. The summed E-state index contributed by atoms with van der Waals surface area (Å²) in [4.78, 5) is 14.4. The molecule has 2 rings (SSSR count). The van der Waals surface area contributed by atoms with E-state index in [1.54, 1.807) is 4.90 Å². The smallest absolute Gasteiger partial charge is 0.254 e. The molecule has 0 spiro atoms. The molecule has 0 aromatic heterocycles. The van der Waals surface area contributed by atoms with Gasteiger partial charge in [0.25, 0.3) is 5.91 Å². The lowest BCUT2D eigenvalue weighted by Crippen LogP contribution is -2.44. The Balaban J connectivity index is 2.19. The molecule has 20 heavy (non-hydrogen) atoms. The Morgan fingerprint density at radius 1 is 1.55 bits per heavy atom.